The van der Waals surface area contributed by atoms with E-state index in [0.717, 1.165) is 30.1 Å². The largest absolute Gasteiger partial charge is 0.327 e. The van der Waals surface area contributed by atoms with Crippen molar-refractivity contribution in [1.29, 1.82) is 0 Å². The van der Waals surface area contributed by atoms with Crippen LogP contribution in [0.4, 0.5) is 4.39 Å². The lowest BCUT2D eigenvalue weighted by Gasteiger charge is -2.06. The normalized spacial score (nSPS) is 11.2. The first-order valence-corrected chi connectivity index (χ1v) is 7.39. The molecule has 0 amide bonds. The number of hydrogen-bond acceptors (Lipinski definition) is 2. The summed E-state index contributed by atoms with van der Waals surface area (Å²) in [6.07, 6.45) is 3.11. The smallest absolute Gasteiger partial charge is 0.151 e. The van der Waals surface area contributed by atoms with E-state index in [0.29, 0.717) is 11.4 Å². The minimum absolute atomic E-state index is 0.280. The van der Waals surface area contributed by atoms with Gasteiger partial charge in [0.15, 0.2) is 5.82 Å². The topological polar surface area (TPSA) is 17.8 Å². The molecule has 2 aromatic rings. The van der Waals surface area contributed by atoms with E-state index in [1.54, 1.807) is 17.8 Å². The van der Waals surface area contributed by atoms with Crippen LogP contribution in [0.25, 0.3) is 11.0 Å². The molecule has 1 aromatic carbocycles. The molecule has 0 spiro atoms. The molecule has 2 nitrogen and oxygen atoms in total. The first-order valence-electron chi connectivity index (χ1n) is 5.46. The zero-order valence-corrected chi connectivity index (χ0v) is 11.2. The first-order chi connectivity index (χ1) is 8.27. The molecule has 2 rings (SSSR count). The van der Waals surface area contributed by atoms with Crippen LogP contribution in [-0.2, 0) is 12.4 Å². The van der Waals surface area contributed by atoms with Crippen LogP contribution in [0.1, 0.15) is 12.2 Å². The summed E-state index contributed by atoms with van der Waals surface area (Å²) in [4.78, 5) is 4.26. The maximum absolute atomic E-state index is 13.6. The van der Waals surface area contributed by atoms with Gasteiger partial charge in [-0.25, -0.2) is 9.37 Å². The molecule has 92 valence electrons. The summed E-state index contributed by atoms with van der Waals surface area (Å²) < 4.78 is 15.6. The number of fused-ring (bicyclic) bond motifs is 1. The van der Waals surface area contributed by atoms with Crippen molar-refractivity contribution in [3.05, 3.63) is 29.8 Å². The van der Waals surface area contributed by atoms with Crippen molar-refractivity contribution < 1.29 is 4.39 Å². The van der Waals surface area contributed by atoms with Gasteiger partial charge in [0.05, 0.1) is 11.4 Å². The quantitative estimate of drug-likeness (QED) is 0.611. The molecule has 0 aliphatic heterocycles. The number of para-hydroxylation sites is 1. The minimum atomic E-state index is -0.280. The van der Waals surface area contributed by atoms with Crippen molar-refractivity contribution >= 4 is 34.4 Å². The van der Waals surface area contributed by atoms with E-state index in [9.17, 15) is 4.39 Å². The lowest BCUT2D eigenvalue weighted by molar-refractivity contribution is 0.637. The number of hydrogen-bond donors (Lipinski definition) is 0. The van der Waals surface area contributed by atoms with E-state index in [1.807, 2.05) is 10.6 Å². The molecule has 0 fully saturated rings. The van der Waals surface area contributed by atoms with E-state index in [-0.39, 0.29) is 5.82 Å². The molecule has 0 atom stereocenters. The molecule has 0 unspecified atom stereocenters. The maximum atomic E-state index is 13.6. The van der Waals surface area contributed by atoms with Gasteiger partial charge in [-0.05, 0) is 30.6 Å². The molecule has 1 aromatic heterocycles. The molecule has 0 saturated carbocycles. The summed E-state index contributed by atoms with van der Waals surface area (Å²) in [5.74, 6) is 1.86. The molecular weight excluding hydrogens is 259 g/mol. The number of rotatable bonds is 5. The van der Waals surface area contributed by atoms with Crippen molar-refractivity contribution in [1.82, 2.24) is 9.55 Å². The Hall–Kier alpha value is -0.740. The van der Waals surface area contributed by atoms with Crippen LogP contribution in [0, 0.1) is 5.82 Å². The Morgan fingerprint density at radius 2 is 2.29 bits per heavy atom. The third-order valence-corrected chi connectivity index (χ3v) is 3.59. The highest BCUT2D eigenvalue weighted by Gasteiger charge is 2.12. The van der Waals surface area contributed by atoms with E-state index < -0.39 is 0 Å². The Bertz CT molecular complexity index is 512. The van der Waals surface area contributed by atoms with Crippen LogP contribution in [0.15, 0.2) is 18.2 Å². The highest BCUT2D eigenvalue weighted by molar-refractivity contribution is 7.98. The predicted octanol–water partition coefficient (Wildman–Crippen LogP) is 3.67. The number of imidazole rings is 1. The molecule has 0 radical (unpaired) electrons. The van der Waals surface area contributed by atoms with Crippen LogP contribution in [0.5, 0.6) is 0 Å². The second-order valence-corrected chi connectivity index (χ2v) is 5.02. The summed E-state index contributed by atoms with van der Waals surface area (Å²) >= 11 is 7.66. The fraction of sp³-hybridized carbons (Fsp3) is 0.417. The zero-order chi connectivity index (χ0) is 12.3. The number of alkyl halides is 1. The molecule has 0 N–H and O–H groups in total. The molecular formula is C12H14ClFN2S. The van der Waals surface area contributed by atoms with Crippen molar-refractivity contribution in [2.75, 3.05) is 12.0 Å². The maximum Gasteiger partial charge on any atom is 0.151 e. The Morgan fingerprint density at radius 1 is 1.47 bits per heavy atom. The monoisotopic (exact) mass is 272 g/mol. The summed E-state index contributed by atoms with van der Waals surface area (Å²) in [6.45, 7) is 0.836. The summed E-state index contributed by atoms with van der Waals surface area (Å²) in [6, 6.07) is 5.03. The summed E-state index contributed by atoms with van der Waals surface area (Å²) in [7, 11) is 0. The second kappa shape index (κ2) is 5.74. The van der Waals surface area contributed by atoms with E-state index in [1.165, 1.54) is 6.07 Å². The second-order valence-electron chi connectivity index (χ2n) is 3.77. The summed E-state index contributed by atoms with van der Waals surface area (Å²) in [5.41, 5.74) is 1.26. The van der Waals surface area contributed by atoms with Crippen molar-refractivity contribution in [2.24, 2.45) is 0 Å². The van der Waals surface area contributed by atoms with Gasteiger partial charge in [-0.3, -0.25) is 0 Å². The molecule has 0 saturated heterocycles. The third kappa shape index (κ3) is 2.58. The van der Waals surface area contributed by atoms with Crippen LogP contribution >= 0.6 is 23.4 Å². The Morgan fingerprint density at radius 3 is 3.00 bits per heavy atom. The first kappa shape index (κ1) is 12.7. The van der Waals surface area contributed by atoms with Crippen molar-refractivity contribution in [3.63, 3.8) is 0 Å². The lowest BCUT2D eigenvalue weighted by atomic mass is 10.3. The standard InChI is InChI=1S/C12H14ClFN2S/c1-17-7-3-6-16-10-5-2-4-9(14)12(10)15-11(16)8-13/h2,4-5H,3,6-8H2,1H3. The Labute approximate surface area is 109 Å². The van der Waals surface area contributed by atoms with Crippen LogP contribution in [0.3, 0.4) is 0 Å². The van der Waals surface area contributed by atoms with Crippen molar-refractivity contribution in [2.45, 2.75) is 18.8 Å². The third-order valence-electron chi connectivity index (χ3n) is 2.66. The SMILES string of the molecule is CSCCCn1c(CCl)nc2c(F)cccc21. The average molecular weight is 273 g/mol. The van der Waals surface area contributed by atoms with E-state index >= 15 is 0 Å². The number of aryl methyl sites for hydroxylation is 1. The zero-order valence-electron chi connectivity index (χ0n) is 9.62. The van der Waals surface area contributed by atoms with E-state index in [2.05, 4.69) is 11.2 Å². The molecule has 0 bridgehead atoms. The van der Waals surface area contributed by atoms with Crippen LogP contribution in [0.2, 0.25) is 0 Å². The van der Waals surface area contributed by atoms with Crippen LogP contribution < -0.4 is 0 Å². The van der Waals surface area contributed by atoms with Gasteiger partial charge in [0.1, 0.15) is 11.3 Å². The number of thioether (sulfide) groups is 1. The lowest BCUT2D eigenvalue weighted by Crippen LogP contribution is -2.03. The van der Waals surface area contributed by atoms with Crippen molar-refractivity contribution in [3.8, 4) is 0 Å². The number of halogens is 2. The molecule has 17 heavy (non-hydrogen) atoms. The predicted molar refractivity (Wildman–Crippen MR) is 72.2 cm³/mol. The average Bonchev–Trinajstić information content (AvgIpc) is 2.70. The molecule has 5 heteroatoms. The number of aromatic nitrogens is 2. The Kier molecular flexibility index (Phi) is 4.29. The van der Waals surface area contributed by atoms with Gasteiger partial charge < -0.3 is 4.57 Å². The minimum Gasteiger partial charge on any atom is -0.327 e. The van der Waals surface area contributed by atoms with Gasteiger partial charge >= 0.3 is 0 Å². The Balaban J connectivity index is 2.40. The number of nitrogens with zero attached hydrogens (tertiary/aromatic N) is 2. The fourth-order valence-corrected chi connectivity index (χ4v) is 2.50. The fourth-order valence-electron chi connectivity index (χ4n) is 1.88. The van der Waals surface area contributed by atoms with Gasteiger partial charge in [0, 0.05) is 6.54 Å². The highest BCUT2D eigenvalue weighted by atomic mass is 35.5. The van der Waals surface area contributed by atoms with Gasteiger partial charge in [0.25, 0.3) is 0 Å². The van der Waals surface area contributed by atoms with Gasteiger partial charge in [0.2, 0.25) is 0 Å². The summed E-state index contributed by atoms with van der Waals surface area (Å²) in [5, 5.41) is 0. The number of benzene rings is 1. The molecule has 0 aliphatic carbocycles. The van der Waals surface area contributed by atoms with Crippen LogP contribution in [-0.4, -0.2) is 21.6 Å². The van der Waals surface area contributed by atoms with Gasteiger partial charge in [-0.2, -0.15) is 11.8 Å². The van der Waals surface area contributed by atoms with Gasteiger partial charge in [-0.1, -0.05) is 6.07 Å². The molecule has 0 aliphatic rings. The highest BCUT2D eigenvalue weighted by Crippen LogP contribution is 2.20. The van der Waals surface area contributed by atoms with E-state index in [4.69, 9.17) is 11.6 Å². The van der Waals surface area contributed by atoms with Gasteiger partial charge in [-0.15, -0.1) is 11.6 Å². The molecule has 1 heterocycles.